The van der Waals surface area contributed by atoms with E-state index in [2.05, 4.69) is 55.8 Å². The molecule has 0 radical (unpaired) electrons. The van der Waals surface area contributed by atoms with Gasteiger partial charge in [0, 0.05) is 35.7 Å². The second-order valence-electron chi connectivity index (χ2n) is 7.29. The molecule has 0 atom stereocenters. The van der Waals surface area contributed by atoms with Crippen molar-refractivity contribution in [2.45, 2.75) is 38.8 Å². The average Bonchev–Trinajstić information content (AvgIpc) is 3.08. The Morgan fingerprint density at radius 2 is 1.86 bits per heavy atom. The van der Waals surface area contributed by atoms with E-state index in [1.54, 1.807) is 0 Å². The fourth-order valence-electron chi connectivity index (χ4n) is 3.84. The molecule has 0 bridgehead atoms. The minimum Gasteiger partial charge on any atom is -0.349 e. The molecule has 146 valence electrons. The summed E-state index contributed by atoms with van der Waals surface area (Å²) in [5, 5.41) is 3.18. The maximum atomic E-state index is 12.5. The van der Waals surface area contributed by atoms with Gasteiger partial charge in [0.15, 0.2) is 0 Å². The van der Waals surface area contributed by atoms with Gasteiger partial charge >= 0.3 is 0 Å². The van der Waals surface area contributed by atoms with Gasteiger partial charge in [0.1, 0.15) is 0 Å². The number of fused-ring (bicyclic) bond motifs is 1. The number of rotatable bonds is 5. The quantitative estimate of drug-likeness (QED) is 0.629. The van der Waals surface area contributed by atoms with E-state index in [0.29, 0.717) is 5.56 Å². The Morgan fingerprint density at radius 1 is 1.14 bits per heavy atom. The van der Waals surface area contributed by atoms with Gasteiger partial charge in [-0.05, 0) is 55.7 Å². The number of hydrogen-bond donors (Lipinski definition) is 1. The molecule has 6 heteroatoms. The van der Waals surface area contributed by atoms with E-state index in [1.165, 1.54) is 5.52 Å². The van der Waals surface area contributed by atoms with E-state index in [0.717, 1.165) is 54.8 Å². The molecule has 28 heavy (non-hydrogen) atoms. The molecular formula is C22H25BrN4O. The van der Waals surface area contributed by atoms with Crippen molar-refractivity contribution in [2.24, 2.45) is 0 Å². The van der Waals surface area contributed by atoms with Crippen LogP contribution in [-0.2, 0) is 6.54 Å². The highest BCUT2D eigenvalue weighted by Crippen LogP contribution is 2.25. The molecule has 0 saturated carbocycles. The van der Waals surface area contributed by atoms with Crippen LogP contribution in [0.1, 0.15) is 36.5 Å². The van der Waals surface area contributed by atoms with Gasteiger partial charge in [-0.3, -0.25) is 4.79 Å². The van der Waals surface area contributed by atoms with Crippen LogP contribution in [0.3, 0.4) is 0 Å². The van der Waals surface area contributed by atoms with E-state index >= 15 is 0 Å². The third-order valence-corrected chi connectivity index (χ3v) is 5.83. The summed E-state index contributed by atoms with van der Waals surface area (Å²) in [5.41, 5.74) is 2.96. The Balaban J connectivity index is 1.43. The standard InChI is InChI=1S/C22H25BrN4O/c1-2-13-27-20-6-4-3-5-19(20)25-22(27)26-14-11-18(12-15-26)24-21(28)16-7-9-17(23)10-8-16/h3-10,18H,2,11-15H2,1H3,(H,24,28). The van der Waals surface area contributed by atoms with Gasteiger partial charge in [0.05, 0.1) is 11.0 Å². The number of nitrogens with zero attached hydrogens (tertiary/aromatic N) is 3. The zero-order chi connectivity index (χ0) is 19.5. The van der Waals surface area contributed by atoms with Gasteiger partial charge in [0.25, 0.3) is 5.91 Å². The number of carbonyl (C=O) groups is 1. The van der Waals surface area contributed by atoms with Gasteiger partial charge in [-0.1, -0.05) is 35.0 Å². The minimum atomic E-state index is 0.00386. The first-order chi connectivity index (χ1) is 13.7. The molecule has 2 aromatic carbocycles. The van der Waals surface area contributed by atoms with Crippen molar-refractivity contribution in [1.29, 1.82) is 0 Å². The number of aromatic nitrogens is 2. The lowest BCUT2D eigenvalue weighted by Gasteiger charge is -2.33. The van der Waals surface area contributed by atoms with Crippen LogP contribution in [0.25, 0.3) is 11.0 Å². The molecule has 1 aliphatic rings. The zero-order valence-corrected chi connectivity index (χ0v) is 17.7. The van der Waals surface area contributed by atoms with Crippen molar-refractivity contribution in [1.82, 2.24) is 14.9 Å². The van der Waals surface area contributed by atoms with Crippen LogP contribution in [0.15, 0.2) is 53.0 Å². The van der Waals surface area contributed by atoms with Crippen molar-refractivity contribution in [2.75, 3.05) is 18.0 Å². The maximum absolute atomic E-state index is 12.5. The normalized spacial score (nSPS) is 15.1. The van der Waals surface area contributed by atoms with Crippen molar-refractivity contribution in [3.63, 3.8) is 0 Å². The number of imidazole rings is 1. The second kappa shape index (κ2) is 8.35. The fraction of sp³-hybridized carbons (Fsp3) is 0.364. The molecule has 1 aromatic heterocycles. The first-order valence-electron chi connectivity index (χ1n) is 9.92. The van der Waals surface area contributed by atoms with Gasteiger partial charge in [-0.2, -0.15) is 0 Å². The number of nitrogens with one attached hydrogen (secondary N) is 1. The summed E-state index contributed by atoms with van der Waals surface area (Å²) in [6, 6.07) is 16.0. The van der Waals surface area contributed by atoms with Gasteiger partial charge in [-0.15, -0.1) is 0 Å². The van der Waals surface area contributed by atoms with Crippen LogP contribution < -0.4 is 10.2 Å². The lowest BCUT2D eigenvalue weighted by atomic mass is 10.0. The SMILES string of the molecule is CCCn1c(N2CCC(NC(=O)c3ccc(Br)cc3)CC2)nc2ccccc21. The lowest BCUT2D eigenvalue weighted by Crippen LogP contribution is -2.45. The summed E-state index contributed by atoms with van der Waals surface area (Å²) in [4.78, 5) is 19.7. The van der Waals surface area contributed by atoms with Crippen molar-refractivity contribution >= 4 is 38.8 Å². The molecule has 5 nitrogen and oxygen atoms in total. The maximum Gasteiger partial charge on any atom is 0.251 e. The molecule has 1 aliphatic heterocycles. The smallest absolute Gasteiger partial charge is 0.251 e. The Hall–Kier alpha value is -2.34. The Bertz CT molecular complexity index is 958. The Kier molecular flexibility index (Phi) is 5.67. The molecule has 1 amide bonds. The molecular weight excluding hydrogens is 416 g/mol. The summed E-state index contributed by atoms with van der Waals surface area (Å²) in [6.07, 6.45) is 2.93. The first kappa shape index (κ1) is 19.0. The lowest BCUT2D eigenvalue weighted by molar-refractivity contribution is 0.0931. The molecule has 3 aromatic rings. The number of para-hydroxylation sites is 2. The van der Waals surface area contributed by atoms with Crippen LogP contribution in [0.5, 0.6) is 0 Å². The van der Waals surface area contributed by atoms with E-state index in [1.807, 2.05) is 30.3 Å². The molecule has 2 heterocycles. The fourth-order valence-corrected chi connectivity index (χ4v) is 4.11. The predicted octanol–water partition coefficient (Wildman–Crippen LogP) is 4.61. The second-order valence-corrected chi connectivity index (χ2v) is 8.21. The van der Waals surface area contributed by atoms with E-state index in [4.69, 9.17) is 4.98 Å². The molecule has 1 N–H and O–H groups in total. The number of hydrogen-bond acceptors (Lipinski definition) is 3. The number of piperidine rings is 1. The van der Waals surface area contributed by atoms with Crippen molar-refractivity contribution in [3.8, 4) is 0 Å². The molecule has 0 unspecified atom stereocenters. The molecule has 0 spiro atoms. The number of aryl methyl sites for hydroxylation is 1. The zero-order valence-electron chi connectivity index (χ0n) is 16.1. The Labute approximate surface area is 173 Å². The van der Waals surface area contributed by atoms with Gasteiger partial charge in [-0.25, -0.2) is 4.98 Å². The van der Waals surface area contributed by atoms with E-state index in [-0.39, 0.29) is 11.9 Å². The largest absolute Gasteiger partial charge is 0.349 e. The number of anilines is 1. The predicted molar refractivity (Wildman–Crippen MR) is 117 cm³/mol. The summed E-state index contributed by atoms with van der Waals surface area (Å²) in [7, 11) is 0. The van der Waals surface area contributed by atoms with Crippen LogP contribution in [0.4, 0.5) is 5.95 Å². The molecule has 1 saturated heterocycles. The highest BCUT2D eigenvalue weighted by molar-refractivity contribution is 9.10. The average molecular weight is 441 g/mol. The van der Waals surface area contributed by atoms with Gasteiger partial charge in [0.2, 0.25) is 5.95 Å². The molecule has 4 rings (SSSR count). The molecule has 1 fully saturated rings. The minimum absolute atomic E-state index is 0.00386. The Morgan fingerprint density at radius 3 is 2.57 bits per heavy atom. The number of benzene rings is 2. The van der Waals surface area contributed by atoms with Crippen LogP contribution in [0.2, 0.25) is 0 Å². The van der Waals surface area contributed by atoms with Crippen LogP contribution in [-0.4, -0.2) is 34.6 Å². The third-order valence-electron chi connectivity index (χ3n) is 5.30. The first-order valence-corrected chi connectivity index (χ1v) is 10.7. The summed E-state index contributed by atoms with van der Waals surface area (Å²) in [5.74, 6) is 1.06. The summed E-state index contributed by atoms with van der Waals surface area (Å²) < 4.78 is 3.31. The number of amides is 1. The van der Waals surface area contributed by atoms with E-state index < -0.39 is 0 Å². The number of halogens is 1. The van der Waals surface area contributed by atoms with Crippen molar-refractivity contribution < 1.29 is 4.79 Å². The monoisotopic (exact) mass is 440 g/mol. The highest BCUT2D eigenvalue weighted by Gasteiger charge is 2.24. The third kappa shape index (κ3) is 3.92. The number of carbonyl (C=O) groups excluding carboxylic acids is 1. The highest BCUT2D eigenvalue weighted by atomic mass is 79.9. The summed E-state index contributed by atoms with van der Waals surface area (Å²) in [6.45, 7) is 4.97. The topological polar surface area (TPSA) is 50.2 Å². The summed E-state index contributed by atoms with van der Waals surface area (Å²) >= 11 is 3.41. The van der Waals surface area contributed by atoms with Gasteiger partial charge < -0.3 is 14.8 Å². The van der Waals surface area contributed by atoms with E-state index in [9.17, 15) is 4.79 Å². The van der Waals surface area contributed by atoms with Crippen molar-refractivity contribution in [3.05, 3.63) is 58.6 Å². The van der Waals surface area contributed by atoms with Crippen LogP contribution >= 0.6 is 15.9 Å². The molecule has 0 aliphatic carbocycles. The van der Waals surface area contributed by atoms with Crippen LogP contribution in [0, 0.1) is 0 Å².